The lowest BCUT2D eigenvalue weighted by molar-refractivity contribution is -0.142. The molecule has 2 aromatic carbocycles. The highest BCUT2D eigenvalue weighted by Crippen LogP contribution is 2.31. The van der Waals surface area contributed by atoms with Crippen LogP contribution >= 0.6 is 0 Å². The van der Waals surface area contributed by atoms with Gasteiger partial charge in [-0.3, -0.25) is 9.59 Å². The van der Waals surface area contributed by atoms with Crippen molar-refractivity contribution in [3.8, 4) is 11.5 Å². The molecule has 2 aromatic rings. The summed E-state index contributed by atoms with van der Waals surface area (Å²) in [5.74, 6) is 0.682. The van der Waals surface area contributed by atoms with Gasteiger partial charge in [-0.2, -0.15) is 0 Å². The Morgan fingerprint density at radius 2 is 1.73 bits per heavy atom. The minimum atomic E-state index is -3.73. The number of nitrogens with zero attached hydrogens (tertiary/aromatic N) is 2. The third kappa shape index (κ3) is 5.01. The molecule has 2 heterocycles. The van der Waals surface area contributed by atoms with Crippen LogP contribution in [-0.2, 0) is 14.8 Å². The van der Waals surface area contributed by atoms with Gasteiger partial charge < -0.3 is 19.3 Å². The molecule has 2 aliphatic heterocycles. The zero-order chi connectivity index (χ0) is 23.4. The maximum atomic E-state index is 13.0. The molecule has 2 aliphatic rings. The average Bonchev–Trinajstić information content (AvgIpc) is 2.86. The highest BCUT2D eigenvalue weighted by Gasteiger charge is 2.33. The number of fused-ring (bicyclic) bond motifs is 1. The number of piperazine rings is 1. The summed E-state index contributed by atoms with van der Waals surface area (Å²) < 4.78 is 38.5. The van der Waals surface area contributed by atoms with Crippen molar-refractivity contribution >= 4 is 21.8 Å². The van der Waals surface area contributed by atoms with E-state index in [0.717, 1.165) is 0 Å². The van der Waals surface area contributed by atoms with Gasteiger partial charge in [-0.05, 0) is 30.3 Å². The third-order valence-corrected chi connectivity index (χ3v) is 6.89. The van der Waals surface area contributed by atoms with Gasteiger partial charge in [0.2, 0.25) is 16.1 Å². The molecule has 174 valence electrons. The summed E-state index contributed by atoms with van der Waals surface area (Å²) in [5, 5.41) is 0. The Morgan fingerprint density at radius 3 is 2.45 bits per heavy atom. The van der Waals surface area contributed by atoms with E-state index < -0.39 is 16.1 Å². The van der Waals surface area contributed by atoms with Gasteiger partial charge in [0.25, 0.3) is 11.8 Å². The number of rotatable bonds is 6. The fourth-order valence-corrected chi connectivity index (χ4v) is 4.75. The van der Waals surface area contributed by atoms with Crippen molar-refractivity contribution in [3.05, 3.63) is 66.7 Å². The number of carbonyl (C=O) groups excluding carboxylic acids is 2. The van der Waals surface area contributed by atoms with Crippen LogP contribution in [0.15, 0.2) is 66.1 Å². The number of para-hydroxylation sites is 2. The molecule has 0 aromatic heterocycles. The molecule has 2 amide bonds. The zero-order valence-electron chi connectivity index (χ0n) is 18.0. The van der Waals surface area contributed by atoms with E-state index in [1.165, 1.54) is 24.3 Å². The first-order valence-electron chi connectivity index (χ1n) is 10.6. The predicted octanol–water partition coefficient (Wildman–Crippen LogP) is 1.28. The minimum absolute atomic E-state index is 0.0127. The monoisotopic (exact) mass is 471 g/mol. The Hall–Kier alpha value is -3.37. The van der Waals surface area contributed by atoms with E-state index in [2.05, 4.69) is 11.3 Å². The number of hydrogen-bond acceptors (Lipinski definition) is 6. The van der Waals surface area contributed by atoms with Crippen molar-refractivity contribution in [1.82, 2.24) is 14.5 Å². The second-order valence-corrected chi connectivity index (χ2v) is 9.42. The van der Waals surface area contributed by atoms with Crippen LogP contribution in [0.25, 0.3) is 0 Å². The predicted molar refractivity (Wildman–Crippen MR) is 121 cm³/mol. The topological polar surface area (TPSA) is 105 Å². The van der Waals surface area contributed by atoms with Crippen molar-refractivity contribution in [1.29, 1.82) is 0 Å². The number of benzene rings is 2. The minimum Gasteiger partial charge on any atom is -0.485 e. The molecular formula is C23H25N3O6S. The molecule has 0 saturated carbocycles. The van der Waals surface area contributed by atoms with Crippen LogP contribution in [0.2, 0.25) is 0 Å². The van der Waals surface area contributed by atoms with Gasteiger partial charge in [0.1, 0.15) is 6.61 Å². The number of carbonyl (C=O) groups is 2. The SMILES string of the molecule is C=CCNS(=O)(=O)c1cccc(C(=O)N2CCN(C(=O)C3COc4ccccc4O3)CC2)c1. The molecular weight excluding hydrogens is 446 g/mol. The zero-order valence-corrected chi connectivity index (χ0v) is 18.8. The van der Waals surface area contributed by atoms with Crippen molar-refractivity contribution in [2.45, 2.75) is 11.0 Å². The first kappa shape index (κ1) is 22.8. The third-order valence-electron chi connectivity index (χ3n) is 5.47. The maximum absolute atomic E-state index is 13.0. The smallest absolute Gasteiger partial charge is 0.267 e. The highest BCUT2D eigenvalue weighted by atomic mass is 32.2. The highest BCUT2D eigenvalue weighted by molar-refractivity contribution is 7.89. The van der Waals surface area contributed by atoms with E-state index in [-0.39, 0.29) is 35.4 Å². The van der Waals surface area contributed by atoms with E-state index in [9.17, 15) is 18.0 Å². The second-order valence-electron chi connectivity index (χ2n) is 7.65. The Kier molecular flexibility index (Phi) is 6.66. The number of amides is 2. The molecule has 0 aliphatic carbocycles. The van der Waals surface area contributed by atoms with Gasteiger partial charge in [0.05, 0.1) is 4.90 Å². The van der Waals surface area contributed by atoms with Crippen LogP contribution in [0.4, 0.5) is 0 Å². The molecule has 10 heteroatoms. The van der Waals surface area contributed by atoms with E-state index in [1.807, 2.05) is 12.1 Å². The first-order valence-corrected chi connectivity index (χ1v) is 12.0. The lowest BCUT2D eigenvalue weighted by Gasteiger charge is -2.37. The molecule has 1 atom stereocenters. The van der Waals surface area contributed by atoms with Crippen LogP contribution in [0, 0.1) is 0 Å². The lowest BCUT2D eigenvalue weighted by atomic mass is 10.1. The van der Waals surface area contributed by atoms with Gasteiger partial charge >= 0.3 is 0 Å². The van der Waals surface area contributed by atoms with Crippen LogP contribution in [0.3, 0.4) is 0 Å². The van der Waals surface area contributed by atoms with Crippen molar-refractivity contribution in [2.75, 3.05) is 39.3 Å². The van der Waals surface area contributed by atoms with Gasteiger partial charge in [-0.15, -0.1) is 6.58 Å². The van der Waals surface area contributed by atoms with Gasteiger partial charge in [0, 0.05) is 38.3 Å². The lowest BCUT2D eigenvalue weighted by Crippen LogP contribution is -2.55. The second kappa shape index (κ2) is 9.63. The Labute approximate surface area is 192 Å². The summed E-state index contributed by atoms with van der Waals surface area (Å²) >= 11 is 0. The summed E-state index contributed by atoms with van der Waals surface area (Å²) in [6, 6.07) is 13.1. The molecule has 0 bridgehead atoms. The molecule has 0 radical (unpaired) electrons. The van der Waals surface area contributed by atoms with Gasteiger partial charge in [-0.25, -0.2) is 13.1 Å². The quantitative estimate of drug-likeness (QED) is 0.637. The summed E-state index contributed by atoms with van der Waals surface area (Å²) in [6.07, 6.45) is 0.712. The fraction of sp³-hybridized carbons (Fsp3) is 0.304. The van der Waals surface area contributed by atoms with Crippen LogP contribution in [-0.4, -0.2) is 75.5 Å². The summed E-state index contributed by atoms with van der Waals surface area (Å²) in [7, 11) is -3.73. The Balaban J connectivity index is 1.36. The van der Waals surface area contributed by atoms with Crippen molar-refractivity contribution in [2.24, 2.45) is 0 Å². The Bertz CT molecular complexity index is 1160. The largest absolute Gasteiger partial charge is 0.485 e. The molecule has 9 nitrogen and oxygen atoms in total. The number of hydrogen-bond donors (Lipinski definition) is 1. The fourth-order valence-electron chi connectivity index (χ4n) is 3.71. The normalized spacial score (nSPS) is 18.0. The van der Waals surface area contributed by atoms with Crippen LogP contribution in [0.1, 0.15) is 10.4 Å². The van der Waals surface area contributed by atoms with Gasteiger partial charge in [-0.1, -0.05) is 24.3 Å². The van der Waals surface area contributed by atoms with E-state index >= 15 is 0 Å². The summed E-state index contributed by atoms with van der Waals surface area (Å²) in [5.41, 5.74) is 0.275. The summed E-state index contributed by atoms with van der Waals surface area (Å²) in [6.45, 7) is 5.09. The van der Waals surface area contributed by atoms with Crippen LogP contribution < -0.4 is 14.2 Å². The van der Waals surface area contributed by atoms with Gasteiger partial charge in [0.15, 0.2) is 11.5 Å². The first-order chi connectivity index (χ1) is 15.9. The average molecular weight is 472 g/mol. The van der Waals surface area contributed by atoms with Crippen molar-refractivity contribution in [3.63, 3.8) is 0 Å². The van der Waals surface area contributed by atoms with E-state index in [1.54, 1.807) is 28.0 Å². The van der Waals surface area contributed by atoms with Crippen LogP contribution in [0.5, 0.6) is 11.5 Å². The molecule has 1 fully saturated rings. The molecule has 4 rings (SSSR count). The number of nitrogens with one attached hydrogen (secondary N) is 1. The number of sulfonamides is 1. The molecule has 1 saturated heterocycles. The molecule has 33 heavy (non-hydrogen) atoms. The Morgan fingerprint density at radius 1 is 1.03 bits per heavy atom. The summed E-state index contributed by atoms with van der Waals surface area (Å²) in [4.78, 5) is 29.1. The standard InChI is InChI=1S/C23H25N3O6S/c1-2-10-24-33(29,30)18-7-5-6-17(15-18)22(27)25-11-13-26(14-12-25)23(28)21-16-31-19-8-3-4-9-20(19)32-21/h2-9,15,21,24H,1,10-14,16H2. The van der Waals surface area contributed by atoms with E-state index in [4.69, 9.17) is 9.47 Å². The molecule has 1 unspecified atom stereocenters. The molecule has 1 N–H and O–H groups in total. The molecule has 0 spiro atoms. The number of ether oxygens (including phenoxy) is 2. The van der Waals surface area contributed by atoms with Crippen molar-refractivity contribution < 1.29 is 27.5 Å². The maximum Gasteiger partial charge on any atom is 0.267 e. The van der Waals surface area contributed by atoms with E-state index in [0.29, 0.717) is 37.7 Å².